The number of imidazole rings is 1. The molecule has 2 atom stereocenters. The minimum atomic E-state index is -2.96. The van der Waals surface area contributed by atoms with Gasteiger partial charge in [0.25, 0.3) is 0 Å². The highest BCUT2D eigenvalue weighted by Crippen LogP contribution is 2.49. The smallest absolute Gasteiger partial charge is 0.387 e. The third-order valence-electron chi connectivity index (χ3n) is 6.14. The van der Waals surface area contributed by atoms with Gasteiger partial charge in [-0.2, -0.15) is 8.78 Å². The molecule has 4 aromatic rings. The monoisotopic (exact) mass is 466 g/mol. The van der Waals surface area contributed by atoms with Crippen molar-refractivity contribution in [1.82, 2.24) is 19.4 Å². The zero-order valence-electron chi connectivity index (χ0n) is 18.9. The first kappa shape index (κ1) is 22.4. The summed E-state index contributed by atoms with van der Waals surface area (Å²) in [5, 5.41) is 21.3. The second-order valence-corrected chi connectivity index (χ2v) is 9.29. The van der Waals surface area contributed by atoms with Crippen LogP contribution < -0.4 is 4.74 Å². The lowest BCUT2D eigenvalue weighted by molar-refractivity contribution is -0.0506. The topological polar surface area (TPSA) is 92.8 Å². The summed E-state index contributed by atoms with van der Waals surface area (Å²) in [5.74, 6) is -0.0144. The molecule has 0 radical (unpaired) electrons. The maximum atomic E-state index is 13.1. The number of pyridine rings is 1. The minimum absolute atomic E-state index is 0.0767. The Morgan fingerprint density at radius 3 is 2.50 bits per heavy atom. The van der Waals surface area contributed by atoms with Crippen molar-refractivity contribution < 1.29 is 23.7 Å². The van der Waals surface area contributed by atoms with Gasteiger partial charge >= 0.3 is 6.61 Å². The first-order valence-corrected chi connectivity index (χ1v) is 10.9. The zero-order valence-corrected chi connectivity index (χ0v) is 18.9. The molecule has 5 rings (SSSR count). The van der Waals surface area contributed by atoms with Gasteiger partial charge in [0, 0.05) is 41.2 Å². The lowest BCUT2D eigenvalue weighted by Crippen LogP contribution is -2.19. The molecule has 0 aliphatic heterocycles. The number of para-hydroxylation sites is 1. The Labute approximate surface area is 194 Å². The molecule has 0 amide bonds. The number of hydrogen-bond acceptors (Lipinski definition) is 6. The van der Waals surface area contributed by atoms with E-state index in [4.69, 9.17) is 4.74 Å². The summed E-state index contributed by atoms with van der Waals surface area (Å²) in [7, 11) is 0. The standard InChI is InChI=1S/C25H24F2N4O3/c1-24(2,32)22-28-11-15(12-29-22)14-8-9-19-30-21-20(31(19)13-14)17(10-25(21,3)33)16-6-4-5-7-18(16)34-23(26)27/h4-9,11-13,17,23,32-33H,10H2,1-3H3/t17-,25-/m1/s1. The van der Waals surface area contributed by atoms with Gasteiger partial charge in [-0.1, -0.05) is 18.2 Å². The Morgan fingerprint density at radius 2 is 1.82 bits per heavy atom. The summed E-state index contributed by atoms with van der Waals surface area (Å²) in [4.78, 5) is 13.2. The molecule has 1 aliphatic carbocycles. The molecule has 1 aliphatic rings. The van der Waals surface area contributed by atoms with Gasteiger partial charge in [0.05, 0.1) is 11.4 Å². The van der Waals surface area contributed by atoms with E-state index in [-0.39, 0.29) is 12.2 Å². The van der Waals surface area contributed by atoms with E-state index >= 15 is 0 Å². The maximum Gasteiger partial charge on any atom is 0.387 e. The molecule has 0 unspecified atom stereocenters. The fraction of sp³-hybridized carbons (Fsp3) is 0.320. The Kier molecular flexibility index (Phi) is 5.14. The van der Waals surface area contributed by atoms with Gasteiger partial charge in [-0.15, -0.1) is 0 Å². The van der Waals surface area contributed by atoms with E-state index in [9.17, 15) is 19.0 Å². The number of rotatable bonds is 5. The number of nitrogens with zero attached hydrogens (tertiary/aromatic N) is 4. The van der Waals surface area contributed by atoms with Gasteiger partial charge < -0.3 is 19.4 Å². The summed E-state index contributed by atoms with van der Waals surface area (Å²) < 4.78 is 32.8. The quantitative estimate of drug-likeness (QED) is 0.454. The Morgan fingerprint density at radius 1 is 1.12 bits per heavy atom. The Hall–Kier alpha value is -3.43. The number of hydrogen-bond donors (Lipinski definition) is 2. The van der Waals surface area contributed by atoms with Crippen LogP contribution in [0, 0.1) is 0 Å². The Balaban J connectivity index is 1.63. The van der Waals surface area contributed by atoms with Gasteiger partial charge in [-0.05, 0) is 45.4 Å². The van der Waals surface area contributed by atoms with Crippen molar-refractivity contribution in [3.63, 3.8) is 0 Å². The van der Waals surface area contributed by atoms with E-state index < -0.39 is 23.7 Å². The van der Waals surface area contributed by atoms with Crippen molar-refractivity contribution in [2.45, 2.75) is 50.9 Å². The predicted octanol–water partition coefficient (Wildman–Crippen LogP) is 4.36. The van der Waals surface area contributed by atoms with Gasteiger partial charge in [0.15, 0.2) is 5.82 Å². The molecule has 0 spiro atoms. The molecular weight excluding hydrogens is 442 g/mol. The summed E-state index contributed by atoms with van der Waals surface area (Å²) in [6.07, 6.45) is 5.43. The molecule has 0 fully saturated rings. The summed E-state index contributed by atoms with van der Waals surface area (Å²) in [6, 6.07) is 10.3. The van der Waals surface area contributed by atoms with Gasteiger partial charge in [0.2, 0.25) is 0 Å². The number of aliphatic hydroxyl groups is 2. The van der Waals surface area contributed by atoms with Crippen LogP contribution in [0.5, 0.6) is 5.75 Å². The Bertz CT molecular complexity index is 1360. The van der Waals surface area contributed by atoms with Crippen molar-refractivity contribution in [3.8, 4) is 16.9 Å². The number of benzene rings is 1. The largest absolute Gasteiger partial charge is 0.435 e. The average molecular weight is 466 g/mol. The van der Waals surface area contributed by atoms with Crippen molar-refractivity contribution in [1.29, 1.82) is 0 Å². The second kappa shape index (κ2) is 7.82. The highest BCUT2D eigenvalue weighted by atomic mass is 19.3. The number of alkyl halides is 2. The van der Waals surface area contributed by atoms with Crippen LogP contribution in [-0.4, -0.2) is 36.2 Å². The number of halogens is 2. The highest BCUT2D eigenvalue weighted by molar-refractivity contribution is 5.64. The molecule has 2 N–H and O–H groups in total. The van der Waals surface area contributed by atoms with Crippen LogP contribution in [-0.2, 0) is 11.2 Å². The van der Waals surface area contributed by atoms with Crippen LogP contribution in [0.25, 0.3) is 16.8 Å². The summed E-state index contributed by atoms with van der Waals surface area (Å²) in [6.45, 7) is 1.96. The predicted molar refractivity (Wildman–Crippen MR) is 121 cm³/mol. The first-order valence-electron chi connectivity index (χ1n) is 10.9. The molecular formula is C25H24F2N4O3. The SMILES string of the molecule is CC(C)(O)c1ncc(-c2ccc3nc4c(n3c2)[C@@H](c2ccccc2OC(F)F)C[C@@]4(C)O)cn1. The van der Waals surface area contributed by atoms with Crippen molar-refractivity contribution >= 4 is 5.65 Å². The first-order chi connectivity index (χ1) is 16.0. The minimum Gasteiger partial charge on any atom is -0.435 e. The normalized spacial score (nSPS) is 20.2. The van der Waals surface area contributed by atoms with Gasteiger partial charge in [-0.3, -0.25) is 0 Å². The number of aromatic nitrogens is 4. The molecule has 7 nitrogen and oxygen atoms in total. The molecule has 34 heavy (non-hydrogen) atoms. The number of ether oxygens (including phenoxy) is 1. The fourth-order valence-electron chi connectivity index (χ4n) is 4.58. The average Bonchev–Trinajstić information content (AvgIpc) is 3.28. The van der Waals surface area contributed by atoms with Gasteiger partial charge in [0.1, 0.15) is 22.6 Å². The van der Waals surface area contributed by atoms with E-state index in [1.165, 1.54) is 6.07 Å². The van der Waals surface area contributed by atoms with Crippen molar-refractivity contribution in [2.24, 2.45) is 0 Å². The van der Waals surface area contributed by atoms with Crippen LogP contribution in [0.15, 0.2) is 55.0 Å². The summed E-state index contributed by atoms with van der Waals surface area (Å²) in [5.41, 5.74) is 1.57. The van der Waals surface area contributed by atoms with Crippen LogP contribution in [0.2, 0.25) is 0 Å². The second-order valence-electron chi connectivity index (χ2n) is 9.29. The third kappa shape index (κ3) is 3.80. The fourth-order valence-corrected chi connectivity index (χ4v) is 4.58. The molecule has 0 saturated carbocycles. The van der Waals surface area contributed by atoms with E-state index in [1.54, 1.807) is 51.4 Å². The zero-order chi connectivity index (χ0) is 24.3. The van der Waals surface area contributed by atoms with Crippen LogP contribution in [0.4, 0.5) is 8.78 Å². The van der Waals surface area contributed by atoms with Crippen molar-refractivity contribution in [2.75, 3.05) is 0 Å². The van der Waals surface area contributed by atoms with E-state index in [2.05, 4.69) is 15.0 Å². The van der Waals surface area contributed by atoms with Crippen LogP contribution in [0.3, 0.4) is 0 Å². The van der Waals surface area contributed by atoms with E-state index in [0.29, 0.717) is 22.7 Å². The van der Waals surface area contributed by atoms with E-state index in [0.717, 1.165) is 16.8 Å². The summed E-state index contributed by atoms with van der Waals surface area (Å²) >= 11 is 0. The maximum absolute atomic E-state index is 13.1. The van der Waals surface area contributed by atoms with Gasteiger partial charge in [-0.25, -0.2) is 15.0 Å². The molecule has 9 heteroatoms. The highest BCUT2D eigenvalue weighted by Gasteiger charge is 2.44. The third-order valence-corrected chi connectivity index (χ3v) is 6.14. The lowest BCUT2D eigenvalue weighted by atomic mass is 9.93. The molecule has 0 bridgehead atoms. The van der Waals surface area contributed by atoms with Crippen LogP contribution >= 0.6 is 0 Å². The van der Waals surface area contributed by atoms with E-state index in [1.807, 2.05) is 22.7 Å². The molecule has 176 valence electrons. The molecule has 0 saturated heterocycles. The number of fused-ring (bicyclic) bond motifs is 3. The lowest BCUT2D eigenvalue weighted by Gasteiger charge is -2.20. The van der Waals surface area contributed by atoms with Crippen molar-refractivity contribution in [3.05, 3.63) is 77.8 Å². The molecule has 3 aromatic heterocycles. The molecule has 1 aromatic carbocycles. The van der Waals surface area contributed by atoms with Crippen LogP contribution in [0.1, 0.15) is 55.9 Å². The molecule has 3 heterocycles.